The Kier molecular flexibility index (Phi) is 8.71. The van der Waals surface area contributed by atoms with Crippen molar-refractivity contribution in [1.82, 2.24) is 25.6 Å². The van der Waals surface area contributed by atoms with Crippen LogP contribution in [0.25, 0.3) is 17.3 Å². The van der Waals surface area contributed by atoms with E-state index in [1.165, 1.54) is 12.1 Å². The molecule has 2 aromatic heterocycles. The Bertz CT molecular complexity index is 1640. The summed E-state index contributed by atoms with van der Waals surface area (Å²) in [5.41, 5.74) is 2.62. The number of nitrogens with one attached hydrogen (secondary N) is 2. The van der Waals surface area contributed by atoms with Crippen LogP contribution < -0.4 is 20.3 Å². The van der Waals surface area contributed by atoms with Gasteiger partial charge in [-0.25, -0.2) is 14.4 Å². The van der Waals surface area contributed by atoms with Crippen molar-refractivity contribution in [3.63, 3.8) is 0 Å². The van der Waals surface area contributed by atoms with Crippen LogP contribution in [0.3, 0.4) is 0 Å². The van der Waals surface area contributed by atoms with Gasteiger partial charge in [-0.15, -0.1) is 0 Å². The summed E-state index contributed by atoms with van der Waals surface area (Å²) in [6.07, 6.45) is 5.17. The first-order valence-corrected chi connectivity index (χ1v) is 14.8. The molecule has 0 unspecified atom stereocenters. The van der Waals surface area contributed by atoms with E-state index in [1.54, 1.807) is 18.3 Å². The largest absolute Gasteiger partial charge is 0.457 e. The Labute approximate surface area is 252 Å². The Hall–Kier alpha value is -4.61. The van der Waals surface area contributed by atoms with E-state index in [9.17, 15) is 14.0 Å². The van der Waals surface area contributed by atoms with Gasteiger partial charge < -0.3 is 15.0 Å². The van der Waals surface area contributed by atoms with E-state index in [4.69, 9.17) is 4.74 Å². The lowest BCUT2D eigenvalue weighted by atomic mass is 9.97. The molecule has 6 rings (SSSR count). The first-order valence-electron chi connectivity index (χ1n) is 14.0. The number of imide groups is 1. The summed E-state index contributed by atoms with van der Waals surface area (Å²) in [5, 5.41) is 5.32. The summed E-state index contributed by atoms with van der Waals surface area (Å²) in [6.45, 7) is 2.85. The van der Waals surface area contributed by atoms with Crippen molar-refractivity contribution in [2.45, 2.75) is 19.4 Å². The number of thioether (sulfide) groups is 1. The lowest BCUT2D eigenvalue weighted by Gasteiger charge is -2.32. The zero-order valence-corrected chi connectivity index (χ0v) is 24.0. The number of nitrogens with zero attached hydrogens (tertiary/aromatic N) is 4. The molecule has 43 heavy (non-hydrogen) atoms. The predicted octanol–water partition coefficient (Wildman–Crippen LogP) is 5.80. The summed E-state index contributed by atoms with van der Waals surface area (Å²) in [7, 11) is 0. The van der Waals surface area contributed by atoms with E-state index in [2.05, 4.69) is 30.5 Å². The highest BCUT2D eigenvalue weighted by Crippen LogP contribution is 2.27. The molecule has 0 radical (unpaired) electrons. The Morgan fingerprint density at radius 2 is 1.77 bits per heavy atom. The minimum atomic E-state index is -0.406. The standard InChI is InChI=1S/C32H29FN6O3S/c33-23-16-25(36-28(17-23)22-6-8-27(9-7-22)42-26-4-2-1-3-5-26)20-34-19-21-11-14-39(15-12-21)31-35-13-10-24(37-31)18-29-30(40)38-32(41)43-29/h1-10,13,16-18,21,34H,11-12,14-15,19-20H2,(H,38,40,41)/b29-18-. The summed E-state index contributed by atoms with van der Waals surface area (Å²) in [6, 6.07) is 21.6. The molecule has 2 N–H and O–H groups in total. The topological polar surface area (TPSA) is 109 Å². The second kappa shape index (κ2) is 13.1. The molecule has 0 bridgehead atoms. The van der Waals surface area contributed by atoms with Crippen LogP contribution in [-0.2, 0) is 11.3 Å². The number of ether oxygens (including phenoxy) is 1. The van der Waals surface area contributed by atoms with Gasteiger partial charge in [-0.05, 0) is 91.7 Å². The maximum absolute atomic E-state index is 14.5. The molecule has 0 spiro atoms. The molecule has 2 amide bonds. The van der Waals surface area contributed by atoms with Crippen molar-refractivity contribution in [1.29, 1.82) is 0 Å². The van der Waals surface area contributed by atoms with E-state index >= 15 is 0 Å². The van der Waals surface area contributed by atoms with Crippen molar-refractivity contribution >= 4 is 34.9 Å². The first-order chi connectivity index (χ1) is 21.0. The Balaban J connectivity index is 0.997. The summed E-state index contributed by atoms with van der Waals surface area (Å²) >= 11 is 0.868. The van der Waals surface area contributed by atoms with E-state index in [0.29, 0.717) is 46.1 Å². The number of aromatic nitrogens is 3. The van der Waals surface area contributed by atoms with Gasteiger partial charge in [0.25, 0.3) is 11.1 Å². The van der Waals surface area contributed by atoms with E-state index in [1.807, 2.05) is 54.6 Å². The minimum absolute atomic E-state index is 0.323. The van der Waals surface area contributed by atoms with Crippen molar-refractivity contribution in [3.05, 3.63) is 101 Å². The van der Waals surface area contributed by atoms with Gasteiger partial charge in [-0.2, -0.15) is 0 Å². The third-order valence-corrected chi connectivity index (χ3v) is 8.00. The summed E-state index contributed by atoms with van der Waals surface area (Å²) in [5.74, 6) is 1.78. The molecule has 0 atom stereocenters. The Morgan fingerprint density at radius 3 is 2.51 bits per heavy atom. The lowest BCUT2D eigenvalue weighted by molar-refractivity contribution is -0.115. The molecule has 4 heterocycles. The fourth-order valence-corrected chi connectivity index (χ4v) is 5.67. The highest BCUT2D eigenvalue weighted by molar-refractivity contribution is 8.18. The molecule has 0 aliphatic carbocycles. The van der Waals surface area contributed by atoms with Crippen molar-refractivity contribution < 1.29 is 18.7 Å². The SMILES string of the molecule is O=C1NC(=O)/C(=C/c2ccnc(N3CCC(CNCc4cc(F)cc(-c5ccc(Oc6ccccc6)cc5)n4)CC3)n2)S1. The molecule has 4 aromatic rings. The monoisotopic (exact) mass is 596 g/mol. The van der Waals surface area contributed by atoms with Gasteiger partial charge in [0, 0.05) is 37.5 Å². The molecule has 11 heteroatoms. The van der Waals surface area contributed by atoms with Crippen LogP contribution in [-0.4, -0.2) is 45.7 Å². The number of anilines is 1. The van der Waals surface area contributed by atoms with Gasteiger partial charge >= 0.3 is 0 Å². The number of carbonyl (C=O) groups excluding carboxylic acids is 2. The quantitative estimate of drug-likeness (QED) is 0.232. The molecule has 9 nitrogen and oxygen atoms in total. The lowest BCUT2D eigenvalue weighted by Crippen LogP contribution is -2.38. The van der Waals surface area contributed by atoms with Gasteiger partial charge in [-0.3, -0.25) is 19.9 Å². The van der Waals surface area contributed by atoms with Gasteiger partial charge in [-0.1, -0.05) is 18.2 Å². The highest BCUT2D eigenvalue weighted by Gasteiger charge is 2.26. The van der Waals surface area contributed by atoms with Crippen LogP contribution in [0.4, 0.5) is 15.1 Å². The maximum atomic E-state index is 14.5. The number of carbonyl (C=O) groups is 2. The van der Waals surface area contributed by atoms with Crippen molar-refractivity contribution in [2.75, 3.05) is 24.5 Å². The van der Waals surface area contributed by atoms with Crippen LogP contribution in [0, 0.1) is 11.7 Å². The average molecular weight is 597 g/mol. The number of para-hydroxylation sites is 1. The molecule has 2 fully saturated rings. The third-order valence-electron chi connectivity index (χ3n) is 7.19. The molecular formula is C32H29FN6O3S. The predicted molar refractivity (Wildman–Crippen MR) is 164 cm³/mol. The van der Waals surface area contributed by atoms with Crippen LogP contribution in [0.2, 0.25) is 0 Å². The average Bonchev–Trinajstić information content (AvgIpc) is 3.34. The molecule has 2 aromatic carbocycles. The number of halogens is 1. The summed E-state index contributed by atoms with van der Waals surface area (Å²) < 4.78 is 20.3. The molecule has 0 saturated carbocycles. The van der Waals surface area contributed by atoms with Gasteiger partial charge in [0.05, 0.1) is 22.0 Å². The fourth-order valence-electron chi connectivity index (χ4n) is 5.00. The second-order valence-corrected chi connectivity index (χ2v) is 11.3. The number of piperidine rings is 1. The fraction of sp³-hybridized carbons (Fsp3) is 0.219. The van der Waals surface area contributed by atoms with Gasteiger partial charge in [0.15, 0.2) is 0 Å². The number of benzene rings is 2. The van der Waals surface area contributed by atoms with E-state index < -0.39 is 5.91 Å². The zero-order valence-electron chi connectivity index (χ0n) is 23.2. The summed E-state index contributed by atoms with van der Waals surface area (Å²) in [4.78, 5) is 39.4. The normalized spacial score (nSPS) is 16.5. The number of pyridine rings is 1. The molecular weight excluding hydrogens is 567 g/mol. The zero-order chi connectivity index (χ0) is 29.6. The number of hydrogen-bond acceptors (Lipinski definition) is 9. The molecule has 2 saturated heterocycles. The van der Waals surface area contributed by atoms with Crippen LogP contribution in [0.1, 0.15) is 24.2 Å². The molecule has 2 aliphatic rings. The van der Waals surface area contributed by atoms with Crippen LogP contribution in [0.15, 0.2) is 83.9 Å². The minimum Gasteiger partial charge on any atom is -0.457 e. The van der Waals surface area contributed by atoms with E-state index in [0.717, 1.165) is 55.6 Å². The molecule has 218 valence electrons. The van der Waals surface area contributed by atoms with E-state index in [-0.39, 0.29) is 11.1 Å². The third kappa shape index (κ3) is 7.43. The van der Waals surface area contributed by atoms with Crippen LogP contribution >= 0.6 is 11.8 Å². The van der Waals surface area contributed by atoms with Gasteiger partial charge in [0.2, 0.25) is 5.95 Å². The molecule has 2 aliphatic heterocycles. The van der Waals surface area contributed by atoms with Crippen molar-refractivity contribution in [2.24, 2.45) is 5.92 Å². The number of amides is 2. The van der Waals surface area contributed by atoms with Crippen LogP contribution in [0.5, 0.6) is 11.5 Å². The maximum Gasteiger partial charge on any atom is 0.290 e. The Morgan fingerprint density at radius 1 is 1.00 bits per heavy atom. The second-order valence-electron chi connectivity index (χ2n) is 10.3. The van der Waals surface area contributed by atoms with Crippen molar-refractivity contribution in [3.8, 4) is 22.8 Å². The number of rotatable bonds is 9. The number of hydrogen-bond donors (Lipinski definition) is 2. The van der Waals surface area contributed by atoms with Gasteiger partial charge in [0.1, 0.15) is 17.3 Å². The smallest absolute Gasteiger partial charge is 0.290 e. The highest BCUT2D eigenvalue weighted by atomic mass is 32.2. The first kappa shape index (κ1) is 28.5.